The molecule has 0 N–H and O–H groups in total. The highest BCUT2D eigenvalue weighted by Gasteiger charge is 2.29. The highest BCUT2D eigenvalue weighted by molar-refractivity contribution is 7.89. The summed E-state index contributed by atoms with van der Waals surface area (Å²) in [5, 5.41) is 8.28. The van der Waals surface area contributed by atoms with Gasteiger partial charge in [-0.25, -0.2) is 17.9 Å². The van der Waals surface area contributed by atoms with Crippen molar-refractivity contribution < 1.29 is 8.42 Å². The van der Waals surface area contributed by atoms with Gasteiger partial charge in [0.15, 0.2) is 5.65 Å². The van der Waals surface area contributed by atoms with E-state index in [4.69, 9.17) is 0 Å². The van der Waals surface area contributed by atoms with Crippen LogP contribution in [0.5, 0.6) is 0 Å². The van der Waals surface area contributed by atoms with Crippen LogP contribution >= 0.6 is 0 Å². The van der Waals surface area contributed by atoms with Crippen LogP contribution in [0.3, 0.4) is 0 Å². The molecule has 4 rings (SSSR count). The first kappa shape index (κ1) is 17.9. The Hall–Kier alpha value is -2.52. The molecule has 0 amide bonds. The Morgan fingerprint density at radius 3 is 2.70 bits per heavy atom. The van der Waals surface area contributed by atoms with Gasteiger partial charge in [0.1, 0.15) is 11.2 Å². The second kappa shape index (κ2) is 6.58. The van der Waals surface area contributed by atoms with Crippen LogP contribution < -0.4 is 0 Å². The monoisotopic (exact) mass is 386 g/mol. The van der Waals surface area contributed by atoms with Crippen molar-refractivity contribution in [3.8, 4) is 0 Å². The molecule has 0 saturated carbocycles. The predicted molar refractivity (Wildman–Crippen MR) is 102 cm³/mol. The van der Waals surface area contributed by atoms with Gasteiger partial charge in [-0.15, -0.1) is 0 Å². The Labute approximate surface area is 158 Å². The predicted octanol–water partition coefficient (Wildman–Crippen LogP) is 1.81. The average Bonchev–Trinajstić information content (AvgIpc) is 3.27. The van der Waals surface area contributed by atoms with Crippen molar-refractivity contribution in [2.24, 2.45) is 7.05 Å². The Balaban J connectivity index is 1.65. The maximum absolute atomic E-state index is 12.9. The van der Waals surface area contributed by atoms with Gasteiger partial charge in [0.05, 0.1) is 11.9 Å². The summed E-state index contributed by atoms with van der Waals surface area (Å²) in [6.07, 6.45) is 8.50. The van der Waals surface area contributed by atoms with Crippen LogP contribution in [0.15, 0.2) is 35.8 Å². The minimum absolute atomic E-state index is 0.278. The van der Waals surface area contributed by atoms with Gasteiger partial charge in [-0.3, -0.25) is 4.68 Å². The maximum Gasteiger partial charge on any atom is 0.246 e. The van der Waals surface area contributed by atoms with Crippen LogP contribution in [0.25, 0.3) is 11.2 Å². The second-order valence-corrected chi connectivity index (χ2v) is 8.60. The molecule has 9 heteroatoms. The minimum atomic E-state index is -3.54. The molecular formula is C18H22N6O2S. The molecule has 1 aliphatic heterocycles. The second-order valence-electron chi connectivity index (χ2n) is 6.69. The zero-order chi connectivity index (χ0) is 19.2. The fourth-order valence-electron chi connectivity index (χ4n) is 3.47. The number of sulfonamides is 1. The lowest BCUT2D eigenvalue weighted by Crippen LogP contribution is -2.35. The van der Waals surface area contributed by atoms with Crippen LogP contribution in [-0.4, -0.2) is 50.2 Å². The largest absolute Gasteiger partial charge is 0.272 e. The van der Waals surface area contributed by atoms with Gasteiger partial charge in [-0.1, -0.05) is 13.0 Å². The van der Waals surface area contributed by atoms with Crippen molar-refractivity contribution in [2.75, 3.05) is 13.1 Å². The first-order chi connectivity index (χ1) is 12.9. The van der Waals surface area contributed by atoms with Crippen molar-refractivity contribution >= 4 is 21.2 Å². The summed E-state index contributed by atoms with van der Waals surface area (Å²) in [4.78, 5) is 4.52. The van der Waals surface area contributed by atoms with E-state index >= 15 is 0 Å². The molecule has 0 atom stereocenters. The van der Waals surface area contributed by atoms with Gasteiger partial charge >= 0.3 is 0 Å². The summed E-state index contributed by atoms with van der Waals surface area (Å²) in [7, 11) is -1.80. The molecule has 0 aromatic carbocycles. The summed E-state index contributed by atoms with van der Waals surface area (Å²) in [5.41, 5.74) is 4.93. The Morgan fingerprint density at radius 1 is 1.26 bits per heavy atom. The molecular weight excluding hydrogens is 364 g/mol. The summed E-state index contributed by atoms with van der Waals surface area (Å²) in [6, 6.07) is 2.05. The van der Waals surface area contributed by atoms with E-state index in [1.807, 2.05) is 18.3 Å². The minimum Gasteiger partial charge on any atom is -0.272 e. The van der Waals surface area contributed by atoms with E-state index in [2.05, 4.69) is 22.1 Å². The SMILES string of the molecule is CCc1cc2ncnn2cc1C1=CCN(S(=O)(=O)c2cnn(C)c2C)CC1. The molecule has 1 aliphatic rings. The number of rotatable bonds is 4. The van der Waals surface area contributed by atoms with Crippen molar-refractivity contribution in [1.82, 2.24) is 28.7 Å². The van der Waals surface area contributed by atoms with E-state index in [9.17, 15) is 8.42 Å². The fraction of sp³-hybridized carbons (Fsp3) is 0.389. The number of hydrogen-bond donors (Lipinski definition) is 0. The van der Waals surface area contributed by atoms with Crippen LogP contribution in [0, 0.1) is 6.92 Å². The highest BCUT2D eigenvalue weighted by Crippen LogP contribution is 2.29. The number of nitrogens with zero attached hydrogens (tertiary/aromatic N) is 6. The standard InChI is InChI=1S/C18H22N6O2S/c1-4-14-9-18-19-12-21-24(18)11-16(14)15-5-7-23(8-6-15)27(25,26)17-10-20-22(3)13(17)2/h5,9-12H,4,6-8H2,1-3H3. The summed E-state index contributed by atoms with van der Waals surface area (Å²) < 4.78 is 30.8. The molecule has 4 heterocycles. The van der Waals surface area contributed by atoms with Crippen LogP contribution in [-0.2, 0) is 23.5 Å². The molecule has 0 fully saturated rings. The Kier molecular flexibility index (Phi) is 4.35. The average molecular weight is 386 g/mol. The third kappa shape index (κ3) is 2.96. The number of fused-ring (bicyclic) bond motifs is 1. The molecule has 3 aromatic heterocycles. The zero-order valence-electron chi connectivity index (χ0n) is 15.6. The quantitative estimate of drug-likeness (QED) is 0.683. The van der Waals surface area contributed by atoms with Crippen molar-refractivity contribution in [2.45, 2.75) is 31.6 Å². The van der Waals surface area contributed by atoms with Crippen molar-refractivity contribution in [3.05, 3.63) is 47.7 Å². The molecule has 27 heavy (non-hydrogen) atoms. The van der Waals surface area contributed by atoms with Gasteiger partial charge in [0.25, 0.3) is 0 Å². The fourth-order valence-corrected chi connectivity index (χ4v) is 5.03. The molecule has 0 radical (unpaired) electrons. The van der Waals surface area contributed by atoms with E-state index in [-0.39, 0.29) is 4.90 Å². The first-order valence-corrected chi connectivity index (χ1v) is 10.4. The topological polar surface area (TPSA) is 85.4 Å². The molecule has 0 unspecified atom stereocenters. The molecule has 0 bridgehead atoms. The Bertz CT molecular complexity index is 1140. The lowest BCUT2D eigenvalue weighted by molar-refractivity contribution is 0.440. The molecule has 8 nitrogen and oxygen atoms in total. The summed E-state index contributed by atoms with van der Waals surface area (Å²) >= 11 is 0. The lowest BCUT2D eigenvalue weighted by Gasteiger charge is -2.26. The summed E-state index contributed by atoms with van der Waals surface area (Å²) in [6.45, 7) is 4.68. The molecule has 3 aromatic rings. The smallest absolute Gasteiger partial charge is 0.246 e. The van der Waals surface area contributed by atoms with Gasteiger partial charge in [-0.2, -0.15) is 14.5 Å². The van der Waals surface area contributed by atoms with Gasteiger partial charge < -0.3 is 0 Å². The van der Waals surface area contributed by atoms with E-state index in [1.165, 1.54) is 16.1 Å². The van der Waals surface area contributed by atoms with E-state index in [0.717, 1.165) is 23.2 Å². The molecule has 142 valence electrons. The Morgan fingerprint density at radius 2 is 2.07 bits per heavy atom. The van der Waals surface area contributed by atoms with E-state index in [0.29, 0.717) is 25.2 Å². The van der Waals surface area contributed by atoms with E-state index in [1.54, 1.807) is 29.5 Å². The van der Waals surface area contributed by atoms with Crippen LogP contribution in [0.2, 0.25) is 0 Å². The van der Waals surface area contributed by atoms with Gasteiger partial charge in [0, 0.05) is 26.3 Å². The summed E-state index contributed by atoms with van der Waals surface area (Å²) in [5.74, 6) is 0. The van der Waals surface area contributed by atoms with Gasteiger partial charge in [0.2, 0.25) is 10.0 Å². The number of pyridine rings is 1. The van der Waals surface area contributed by atoms with Crippen molar-refractivity contribution in [3.63, 3.8) is 0 Å². The third-order valence-electron chi connectivity index (χ3n) is 5.21. The normalized spacial score (nSPS) is 16.0. The molecule has 0 aliphatic carbocycles. The molecule has 0 spiro atoms. The van der Waals surface area contributed by atoms with Gasteiger partial charge in [-0.05, 0) is 42.5 Å². The first-order valence-electron chi connectivity index (χ1n) is 8.92. The van der Waals surface area contributed by atoms with E-state index < -0.39 is 10.0 Å². The molecule has 0 saturated heterocycles. The zero-order valence-corrected chi connectivity index (χ0v) is 16.4. The number of hydrogen-bond acceptors (Lipinski definition) is 5. The number of aryl methyl sites for hydroxylation is 2. The third-order valence-corrected chi connectivity index (χ3v) is 7.18. The van der Waals surface area contributed by atoms with Crippen LogP contribution in [0.1, 0.15) is 30.2 Å². The van der Waals surface area contributed by atoms with Crippen LogP contribution in [0.4, 0.5) is 0 Å². The van der Waals surface area contributed by atoms with Crippen molar-refractivity contribution in [1.29, 1.82) is 0 Å². The lowest BCUT2D eigenvalue weighted by atomic mass is 9.96. The number of aromatic nitrogens is 5. The maximum atomic E-state index is 12.9. The highest BCUT2D eigenvalue weighted by atomic mass is 32.2.